The highest BCUT2D eigenvalue weighted by Gasteiger charge is 2.28. The van der Waals surface area contributed by atoms with Crippen LogP contribution in [0.3, 0.4) is 0 Å². The predicted molar refractivity (Wildman–Crippen MR) is 118 cm³/mol. The van der Waals surface area contributed by atoms with Crippen molar-refractivity contribution in [2.45, 2.75) is 37.3 Å². The molecule has 0 aliphatic rings. The van der Waals surface area contributed by atoms with E-state index in [1.165, 1.54) is 18.2 Å². The standard InChI is InChI=1S/C22H22F3N3O5S/c1-22(2,27-34(31,32)17-5-3-4-16(10-17)33-13-19(24)25)15-8-6-14(7-9-15)11-28-12-18(23)20(29)26-21(28)30/h3-10,12,19,27H,11,13H2,1-2H3,(H,26,29,30). The van der Waals surface area contributed by atoms with E-state index in [1.54, 1.807) is 38.1 Å². The molecular weight excluding hydrogens is 475 g/mol. The zero-order valence-corrected chi connectivity index (χ0v) is 19.0. The Kier molecular flexibility index (Phi) is 7.32. The monoisotopic (exact) mass is 497 g/mol. The minimum atomic E-state index is -4.04. The zero-order valence-electron chi connectivity index (χ0n) is 18.2. The molecule has 3 aromatic rings. The van der Waals surface area contributed by atoms with Gasteiger partial charge in [-0.2, -0.15) is 4.39 Å². The molecular formula is C22H22F3N3O5S. The Labute approximate surface area is 193 Å². The van der Waals surface area contributed by atoms with Crippen LogP contribution in [0.1, 0.15) is 25.0 Å². The van der Waals surface area contributed by atoms with Crippen molar-refractivity contribution in [3.63, 3.8) is 0 Å². The topological polar surface area (TPSA) is 110 Å². The van der Waals surface area contributed by atoms with E-state index >= 15 is 0 Å². The fourth-order valence-electron chi connectivity index (χ4n) is 3.17. The summed E-state index contributed by atoms with van der Waals surface area (Å²) in [5.74, 6) is -1.09. The van der Waals surface area contributed by atoms with Crippen LogP contribution in [0, 0.1) is 5.82 Å². The number of benzene rings is 2. The first-order valence-electron chi connectivity index (χ1n) is 10.0. The lowest BCUT2D eigenvalue weighted by Crippen LogP contribution is -2.40. The third-order valence-electron chi connectivity index (χ3n) is 4.88. The van der Waals surface area contributed by atoms with E-state index in [1.807, 2.05) is 4.98 Å². The first-order chi connectivity index (χ1) is 15.9. The number of hydrogen-bond acceptors (Lipinski definition) is 5. The number of nitrogens with one attached hydrogen (secondary N) is 2. The molecule has 0 bridgehead atoms. The molecule has 1 aromatic heterocycles. The maximum atomic E-state index is 13.5. The van der Waals surface area contributed by atoms with Gasteiger partial charge >= 0.3 is 5.69 Å². The van der Waals surface area contributed by atoms with Gasteiger partial charge in [-0.05, 0) is 37.1 Å². The van der Waals surface area contributed by atoms with Gasteiger partial charge in [0.2, 0.25) is 15.8 Å². The van der Waals surface area contributed by atoms with E-state index in [-0.39, 0.29) is 17.2 Å². The molecule has 0 saturated heterocycles. The summed E-state index contributed by atoms with van der Waals surface area (Å²) in [5, 5.41) is 0. The Bertz CT molecular complexity index is 1380. The van der Waals surface area contributed by atoms with E-state index in [0.717, 1.165) is 16.8 Å². The molecule has 2 aromatic carbocycles. The van der Waals surface area contributed by atoms with E-state index < -0.39 is 45.7 Å². The van der Waals surface area contributed by atoms with Gasteiger partial charge in [-0.3, -0.25) is 14.3 Å². The van der Waals surface area contributed by atoms with Crippen LogP contribution in [-0.2, 0) is 22.1 Å². The second kappa shape index (κ2) is 9.85. The van der Waals surface area contributed by atoms with Crippen molar-refractivity contribution in [3.8, 4) is 5.75 Å². The minimum Gasteiger partial charge on any atom is -0.488 e. The number of alkyl halides is 2. The fraction of sp³-hybridized carbons (Fsp3) is 0.273. The van der Waals surface area contributed by atoms with Crippen molar-refractivity contribution >= 4 is 10.0 Å². The highest BCUT2D eigenvalue weighted by Crippen LogP contribution is 2.25. The van der Waals surface area contributed by atoms with Gasteiger partial charge in [-0.15, -0.1) is 0 Å². The molecule has 8 nitrogen and oxygen atoms in total. The Morgan fingerprint density at radius 1 is 1.12 bits per heavy atom. The molecule has 0 aliphatic carbocycles. The normalized spacial score (nSPS) is 12.2. The lowest BCUT2D eigenvalue weighted by atomic mass is 9.95. The van der Waals surface area contributed by atoms with Crippen molar-refractivity contribution in [2.24, 2.45) is 0 Å². The summed E-state index contributed by atoms with van der Waals surface area (Å²) in [4.78, 5) is 24.7. The van der Waals surface area contributed by atoms with E-state index in [9.17, 15) is 31.2 Å². The number of aromatic nitrogens is 2. The van der Waals surface area contributed by atoms with Crippen LogP contribution in [0.2, 0.25) is 0 Å². The van der Waals surface area contributed by atoms with Crippen molar-refractivity contribution in [3.05, 3.63) is 92.5 Å². The lowest BCUT2D eigenvalue weighted by molar-refractivity contribution is 0.0818. The number of H-pyrrole nitrogens is 1. The molecule has 0 aliphatic heterocycles. The van der Waals surface area contributed by atoms with Crippen molar-refractivity contribution in [1.29, 1.82) is 0 Å². The molecule has 0 atom stereocenters. The molecule has 2 N–H and O–H groups in total. The number of aromatic amines is 1. The van der Waals surface area contributed by atoms with Gasteiger partial charge in [0.1, 0.15) is 12.4 Å². The summed E-state index contributed by atoms with van der Waals surface area (Å²) in [6.45, 7) is 2.41. The Hall–Kier alpha value is -3.38. The minimum absolute atomic E-state index is 0.000676. The van der Waals surface area contributed by atoms with Gasteiger partial charge < -0.3 is 4.74 Å². The maximum Gasteiger partial charge on any atom is 0.328 e. The van der Waals surface area contributed by atoms with E-state index in [2.05, 4.69) is 4.72 Å². The smallest absolute Gasteiger partial charge is 0.328 e. The van der Waals surface area contributed by atoms with Crippen molar-refractivity contribution in [1.82, 2.24) is 14.3 Å². The molecule has 0 spiro atoms. The summed E-state index contributed by atoms with van der Waals surface area (Å²) < 4.78 is 72.5. The summed E-state index contributed by atoms with van der Waals surface area (Å²) in [6, 6.07) is 11.8. The summed E-state index contributed by atoms with van der Waals surface area (Å²) in [7, 11) is -4.04. The molecule has 1 heterocycles. The Morgan fingerprint density at radius 2 is 1.79 bits per heavy atom. The highest BCUT2D eigenvalue weighted by atomic mass is 32.2. The average Bonchev–Trinajstić information content (AvgIpc) is 2.76. The Balaban J connectivity index is 1.77. The van der Waals surface area contributed by atoms with Crippen molar-refractivity contribution < 1.29 is 26.3 Å². The predicted octanol–water partition coefficient (Wildman–Crippen LogP) is 2.58. The van der Waals surface area contributed by atoms with Gasteiger partial charge in [0, 0.05) is 6.07 Å². The lowest BCUT2D eigenvalue weighted by Gasteiger charge is -2.27. The van der Waals surface area contributed by atoms with Crippen LogP contribution in [0.4, 0.5) is 13.2 Å². The molecule has 3 rings (SSSR count). The summed E-state index contributed by atoms with van der Waals surface area (Å²) >= 11 is 0. The number of rotatable bonds is 9. The quantitative estimate of drug-likeness (QED) is 0.472. The molecule has 0 amide bonds. The molecule has 0 fully saturated rings. The molecule has 182 valence electrons. The number of hydrogen-bond donors (Lipinski definition) is 2. The van der Waals surface area contributed by atoms with Gasteiger partial charge in [0.05, 0.1) is 23.2 Å². The SMILES string of the molecule is CC(C)(NS(=O)(=O)c1cccc(OCC(F)F)c1)c1ccc(Cn2cc(F)c(=O)[nH]c2=O)cc1. The summed E-state index contributed by atoms with van der Waals surface area (Å²) in [6.07, 6.45) is -1.88. The van der Waals surface area contributed by atoms with Crippen LogP contribution in [0.15, 0.2) is 69.2 Å². The number of halogens is 3. The molecule has 0 saturated carbocycles. The van der Waals surface area contributed by atoms with Crippen molar-refractivity contribution in [2.75, 3.05) is 6.61 Å². The second-order valence-electron chi connectivity index (χ2n) is 7.97. The molecule has 34 heavy (non-hydrogen) atoms. The van der Waals surface area contributed by atoms with Crippen LogP contribution in [0.25, 0.3) is 0 Å². The van der Waals surface area contributed by atoms with E-state index in [4.69, 9.17) is 4.74 Å². The van der Waals surface area contributed by atoms with Crippen LogP contribution < -0.4 is 20.7 Å². The van der Waals surface area contributed by atoms with E-state index in [0.29, 0.717) is 11.1 Å². The molecule has 12 heteroatoms. The average molecular weight is 497 g/mol. The maximum absolute atomic E-state index is 13.5. The number of ether oxygens (including phenoxy) is 1. The molecule has 0 unspecified atom stereocenters. The first kappa shape index (κ1) is 25.2. The van der Waals surface area contributed by atoms with Crippen LogP contribution in [0.5, 0.6) is 5.75 Å². The first-order valence-corrected chi connectivity index (χ1v) is 11.5. The third-order valence-corrected chi connectivity index (χ3v) is 6.53. The van der Waals surface area contributed by atoms with Gasteiger partial charge in [0.25, 0.3) is 12.0 Å². The number of sulfonamides is 1. The van der Waals surface area contributed by atoms with Gasteiger partial charge in [0.15, 0.2) is 0 Å². The second-order valence-corrected chi connectivity index (χ2v) is 9.65. The highest BCUT2D eigenvalue weighted by molar-refractivity contribution is 7.89. The van der Waals surface area contributed by atoms with Crippen LogP contribution in [-0.4, -0.2) is 31.0 Å². The van der Waals surface area contributed by atoms with Gasteiger partial charge in [-0.25, -0.2) is 26.7 Å². The Morgan fingerprint density at radius 3 is 2.44 bits per heavy atom. The fourth-order valence-corrected chi connectivity index (χ4v) is 4.60. The molecule has 0 radical (unpaired) electrons. The van der Waals surface area contributed by atoms with Gasteiger partial charge in [-0.1, -0.05) is 30.3 Å². The third kappa shape index (κ3) is 6.14. The summed E-state index contributed by atoms with van der Waals surface area (Å²) in [5.41, 5.74) is -1.73. The number of nitrogens with zero attached hydrogens (tertiary/aromatic N) is 1. The zero-order chi connectivity index (χ0) is 25.1. The largest absolute Gasteiger partial charge is 0.488 e. The van der Waals surface area contributed by atoms with Crippen LogP contribution >= 0.6 is 0 Å².